The van der Waals surface area contributed by atoms with Crippen LogP contribution in [0.1, 0.15) is 24.3 Å². The number of nitrogens with zero attached hydrogens (tertiary/aromatic N) is 3. The number of ether oxygens (including phenoxy) is 1. The van der Waals surface area contributed by atoms with Gasteiger partial charge in [0, 0.05) is 11.6 Å². The van der Waals surface area contributed by atoms with Crippen LogP contribution in [0.5, 0.6) is 0 Å². The van der Waals surface area contributed by atoms with E-state index < -0.39 is 36.6 Å². The molecule has 2 aliphatic rings. The number of rotatable bonds is 4. The molecule has 0 radical (unpaired) electrons. The van der Waals surface area contributed by atoms with Gasteiger partial charge in [-0.25, -0.2) is 9.80 Å². The molecule has 2 aliphatic heterocycles. The molecule has 0 saturated carbocycles. The van der Waals surface area contributed by atoms with Gasteiger partial charge in [0.1, 0.15) is 12.2 Å². The Labute approximate surface area is 148 Å². The lowest BCUT2D eigenvalue weighted by Crippen LogP contribution is -2.63. The predicted octanol–water partition coefficient (Wildman–Crippen LogP) is -0.977. The molecule has 1 unspecified atom stereocenters. The summed E-state index contributed by atoms with van der Waals surface area (Å²) in [5.41, 5.74) is 0.708. The van der Waals surface area contributed by atoms with Crippen LogP contribution in [0.15, 0.2) is 42.0 Å². The number of carboxylic acid groups (broad SMARTS) is 1. The molecule has 1 aromatic rings. The second kappa shape index (κ2) is 7.46. The second-order valence-corrected chi connectivity index (χ2v) is 6.27. The molecule has 3 rings (SSSR count). The highest BCUT2D eigenvalue weighted by Gasteiger charge is 2.51. The fourth-order valence-corrected chi connectivity index (χ4v) is 3.23. The molecule has 140 valence electrons. The quantitative estimate of drug-likeness (QED) is 0.302. The van der Waals surface area contributed by atoms with Gasteiger partial charge >= 0.3 is 5.97 Å². The topological polar surface area (TPSA) is 144 Å². The van der Waals surface area contributed by atoms with E-state index in [1.807, 2.05) is 12.2 Å². The standard InChI is InChI=1S/C16H19N3O7/c20-11-12(21)14(16(23)24)26-15(13(11)22)18-6-3-4-9(8-18)10-5-1-2-7-19(10)17-25/h1-4,6,8,10-15,20-22H,5,7H2/p+1/t10?,11-,12-,13+,14-,15+/m0/s1. The van der Waals surface area contributed by atoms with E-state index in [0.29, 0.717) is 18.5 Å². The Kier molecular flexibility index (Phi) is 5.28. The Morgan fingerprint density at radius 3 is 2.69 bits per heavy atom. The number of pyridine rings is 1. The number of hydrogen-bond donors (Lipinski definition) is 4. The molecule has 0 bridgehead atoms. The Balaban J connectivity index is 1.90. The molecule has 0 amide bonds. The van der Waals surface area contributed by atoms with Crippen LogP contribution in [0.3, 0.4) is 0 Å². The summed E-state index contributed by atoms with van der Waals surface area (Å²) in [6.45, 7) is 0.373. The monoisotopic (exact) mass is 366 g/mol. The maximum atomic E-state index is 11.2. The van der Waals surface area contributed by atoms with Gasteiger partial charge < -0.3 is 25.2 Å². The molecule has 6 atom stereocenters. The maximum Gasteiger partial charge on any atom is 0.335 e. The van der Waals surface area contributed by atoms with E-state index in [0.717, 1.165) is 0 Å². The van der Waals surface area contributed by atoms with Crippen molar-refractivity contribution in [2.24, 2.45) is 5.29 Å². The van der Waals surface area contributed by atoms with Gasteiger partial charge in [0.2, 0.25) is 0 Å². The lowest BCUT2D eigenvalue weighted by molar-refractivity contribution is -0.777. The minimum Gasteiger partial charge on any atom is -0.479 e. The summed E-state index contributed by atoms with van der Waals surface area (Å²) < 4.78 is 6.72. The number of hydrogen-bond acceptors (Lipinski definition) is 7. The largest absolute Gasteiger partial charge is 0.479 e. The number of carbonyl (C=O) groups is 1. The Hall–Kier alpha value is -2.40. The number of aliphatic carboxylic acids is 1. The minimum absolute atomic E-state index is 0.309. The molecular weight excluding hydrogens is 346 g/mol. The highest BCUT2D eigenvalue weighted by molar-refractivity contribution is 5.73. The van der Waals surface area contributed by atoms with Crippen LogP contribution in [0.2, 0.25) is 0 Å². The first-order chi connectivity index (χ1) is 12.4. The third-order valence-electron chi connectivity index (χ3n) is 4.64. The van der Waals surface area contributed by atoms with Gasteiger partial charge in [-0.2, -0.15) is 4.57 Å². The van der Waals surface area contributed by atoms with Crippen LogP contribution in [0.25, 0.3) is 0 Å². The van der Waals surface area contributed by atoms with Crippen LogP contribution < -0.4 is 4.57 Å². The number of aliphatic hydroxyl groups excluding tert-OH is 3. The summed E-state index contributed by atoms with van der Waals surface area (Å²) in [6, 6.07) is 3.12. The number of aliphatic hydroxyl groups is 3. The Morgan fingerprint density at radius 1 is 1.23 bits per heavy atom. The van der Waals surface area contributed by atoms with Crippen molar-refractivity contribution < 1.29 is 34.5 Å². The fourth-order valence-electron chi connectivity index (χ4n) is 3.23. The van der Waals surface area contributed by atoms with E-state index in [4.69, 9.17) is 9.84 Å². The smallest absolute Gasteiger partial charge is 0.335 e. The molecule has 26 heavy (non-hydrogen) atoms. The Bertz CT molecular complexity index is 713. The normalized spacial score (nSPS) is 34.5. The van der Waals surface area contributed by atoms with E-state index in [9.17, 15) is 25.0 Å². The molecule has 1 saturated heterocycles. The summed E-state index contributed by atoms with van der Waals surface area (Å²) in [5, 5.41) is 43.5. The van der Waals surface area contributed by atoms with Gasteiger partial charge in [0.25, 0.3) is 6.23 Å². The zero-order chi connectivity index (χ0) is 18.8. The summed E-state index contributed by atoms with van der Waals surface area (Å²) in [5.74, 6) is -1.45. The van der Waals surface area contributed by atoms with Gasteiger partial charge in [-0.15, -0.1) is 4.91 Å². The van der Waals surface area contributed by atoms with Crippen molar-refractivity contribution in [3.63, 3.8) is 0 Å². The average Bonchev–Trinajstić information content (AvgIpc) is 2.66. The van der Waals surface area contributed by atoms with Crippen LogP contribution in [-0.2, 0) is 9.53 Å². The zero-order valence-corrected chi connectivity index (χ0v) is 13.7. The van der Waals surface area contributed by atoms with Crippen molar-refractivity contribution in [3.05, 3.63) is 47.1 Å². The number of aromatic nitrogens is 1. The lowest BCUT2D eigenvalue weighted by Gasteiger charge is -2.35. The summed E-state index contributed by atoms with van der Waals surface area (Å²) in [4.78, 5) is 22.3. The number of nitroso groups, excluding NO2 is 1. The molecule has 0 spiro atoms. The van der Waals surface area contributed by atoms with Crippen molar-refractivity contribution >= 4 is 5.97 Å². The van der Waals surface area contributed by atoms with Crippen molar-refractivity contribution in [2.45, 2.75) is 43.1 Å². The summed E-state index contributed by atoms with van der Waals surface area (Å²) in [7, 11) is 0. The van der Waals surface area contributed by atoms with Crippen molar-refractivity contribution in [2.75, 3.05) is 6.54 Å². The zero-order valence-electron chi connectivity index (χ0n) is 13.7. The van der Waals surface area contributed by atoms with Crippen LogP contribution in [0, 0.1) is 4.91 Å². The molecule has 0 aromatic carbocycles. The molecular formula is C16H20N3O7+. The van der Waals surface area contributed by atoms with Crippen LogP contribution >= 0.6 is 0 Å². The van der Waals surface area contributed by atoms with E-state index in [2.05, 4.69) is 5.29 Å². The first kappa shape index (κ1) is 18.4. The lowest BCUT2D eigenvalue weighted by atomic mass is 9.97. The first-order valence-electron chi connectivity index (χ1n) is 8.12. The highest BCUT2D eigenvalue weighted by atomic mass is 16.6. The molecule has 10 nitrogen and oxygen atoms in total. The van der Waals surface area contributed by atoms with Gasteiger partial charge in [-0.1, -0.05) is 12.2 Å². The number of carboxylic acids is 1. The third kappa shape index (κ3) is 3.31. The van der Waals surface area contributed by atoms with Crippen LogP contribution in [-0.4, -0.2) is 62.4 Å². The SMILES string of the molecule is O=NN1CC=CCC1c1ccc[n+]([C@@H]2O[C@H](C(=O)O)[C@@H](O)[C@H](O)[C@H]2O)c1. The average molecular weight is 366 g/mol. The summed E-state index contributed by atoms with van der Waals surface area (Å²) >= 11 is 0. The second-order valence-electron chi connectivity index (χ2n) is 6.27. The van der Waals surface area contributed by atoms with E-state index in [1.54, 1.807) is 18.3 Å². The summed E-state index contributed by atoms with van der Waals surface area (Å²) in [6.07, 6.45) is -0.411. The highest BCUT2D eigenvalue weighted by Crippen LogP contribution is 2.29. The van der Waals surface area contributed by atoms with E-state index in [-0.39, 0.29) is 6.04 Å². The maximum absolute atomic E-state index is 11.2. The van der Waals surface area contributed by atoms with E-state index in [1.165, 1.54) is 15.8 Å². The molecule has 0 aliphatic carbocycles. The molecule has 1 fully saturated rings. The molecule has 3 heterocycles. The van der Waals surface area contributed by atoms with Gasteiger partial charge in [0.05, 0.1) is 17.9 Å². The van der Waals surface area contributed by atoms with Crippen molar-refractivity contribution in [1.29, 1.82) is 0 Å². The minimum atomic E-state index is -1.75. The van der Waals surface area contributed by atoms with Crippen LogP contribution in [0.4, 0.5) is 0 Å². The first-order valence-corrected chi connectivity index (χ1v) is 8.12. The molecule has 4 N–H and O–H groups in total. The fraction of sp³-hybridized carbons (Fsp3) is 0.500. The molecule has 10 heteroatoms. The molecule has 1 aromatic heterocycles. The van der Waals surface area contributed by atoms with Crippen molar-refractivity contribution in [3.8, 4) is 0 Å². The predicted molar refractivity (Wildman–Crippen MR) is 85.2 cm³/mol. The Morgan fingerprint density at radius 2 is 2.00 bits per heavy atom. The van der Waals surface area contributed by atoms with Crippen molar-refractivity contribution in [1.82, 2.24) is 5.01 Å². The van der Waals surface area contributed by atoms with Gasteiger partial charge in [-0.3, -0.25) is 0 Å². The van der Waals surface area contributed by atoms with Gasteiger partial charge in [0.15, 0.2) is 24.6 Å². The van der Waals surface area contributed by atoms with Gasteiger partial charge in [-0.05, 0) is 12.5 Å². The van der Waals surface area contributed by atoms with E-state index >= 15 is 0 Å². The third-order valence-corrected chi connectivity index (χ3v) is 4.64.